The van der Waals surface area contributed by atoms with Gasteiger partial charge >= 0.3 is 5.97 Å². The van der Waals surface area contributed by atoms with Crippen molar-refractivity contribution in [1.29, 1.82) is 0 Å². The molecule has 8 heteroatoms. The number of rotatable bonds is 4. The highest BCUT2D eigenvalue weighted by Crippen LogP contribution is 2.63. The Morgan fingerprint density at radius 2 is 2.10 bits per heavy atom. The molecule has 1 saturated carbocycles. The predicted octanol–water partition coefficient (Wildman–Crippen LogP) is -0.0446. The van der Waals surface area contributed by atoms with Crippen LogP contribution in [-0.4, -0.2) is 44.3 Å². The standard InChI is InChI=1S/C13H15NO6S/c1-21(17,18)11-10(13(11,5-14)12(15)16)7-2-3-8-9(4-7)20-6-19-8/h2-4,10-11H,5-6,14H2,1H3,(H,15,16)/t10-,11+,13+/m0/s1. The van der Waals surface area contributed by atoms with Crippen LogP contribution >= 0.6 is 0 Å². The molecule has 1 aliphatic carbocycles. The molecule has 7 nitrogen and oxygen atoms in total. The van der Waals surface area contributed by atoms with Crippen LogP contribution in [0.2, 0.25) is 0 Å². The van der Waals surface area contributed by atoms with Crippen molar-refractivity contribution in [3.05, 3.63) is 23.8 Å². The largest absolute Gasteiger partial charge is 0.481 e. The molecule has 1 aromatic rings. The smallest absolute Gasteiger partial charge is 0.312 e. The van der Waals surface area contributed by atoms with Gasteiger partial charge in [0.05, 0.1) is 5.25 Å². The molecule has 3 atom stereocenters. The van der Waals surface area contributed by atoms with Crippen LogP contribution in [-0.2, 0) is 14.6 Å². The molecule has 0 saturated heterocycles. The number of benzene rings is 1. The summed E-state index contributed by atoms with van der Waals surface area (Å²) in [5.74, 6) is -0.820. The molecule has 3 N–H and O–H groups in total. The minimum atomic E-state index is -3.54. The molecule has 1 fully saturated rings. The second-order valence-electron chi connectivity index (χ2n) is 5.39. The number of carboxylic acids is 1. The molecule has 114 valence electrons. The topological polar surface area (TPSA) is 116 Å². The molecule has 21 heavy (non-hydrogen) atoms. The normalized spacial score (nSPS) is 30.2. The van der Waals surface area contributed by atoms with Crippen LogP contribution < -0.4 is 15.2 Å². The minimum Gasteiger partial charge on any atom is -0.481 e. The van der Waals surface area contributed by atoms with Crippen LogP contribution in [0.5, 0.6) is 11.5 Å². The maximum absolute atomic E-state index is 11.9. The van der Waals surface area contributed by atoms with E-state index in [1.807, 2.05) is 0 Å². The number of aliphatic carboxylic acids is 1. The molecule has 2 aliphatic rings. The highest BCUT2D eigenvalue weighted by molar-refractivity contribution is 7.91. The average Bonchev–Trinajstić information content (AvgIpc) is 2.92. The van der Waals surface area contributed by atoms with Crippen molar-refractivity contribution >= 4 is 15.8 Å². The van der Waals surface area contributed by atoms with Gasteiger partial charge in [-0.25, -0.2) is 8.42 Å². The summed E-state index contributed by atoms with van der Waals surface area (Å²) in [6.45, 7) is -0.140. The molecule has 0 unspecified atom stereocenters. The van der Waals surface area contributed by atoms with Crippen molar-refractivity contribution in [3.8, 4) is 11.5 Å². The van der Waals surface area contributed by atoms with Gasteiger partial charge < -0.3 is 20.3 Å². The number of fused-ring (bicyclic) bond motifs is 1. The molecule has 0 bridgehead atoms. The van der Waals surface area contributed by atoms with Crippen LogP contribution in [0.15, 0.2) is 18.2 Å². The first-order valence-corrected chi connectivity index (χ1v) is 8.29. The van der Waals surface area contributed by atoms with Gasteiger partial charge in [-0.2, -0.15) is 0 Å². The summed E-state index contributed by atoms with van der Waals surface area (Å²) < 4.78 is 34.3. The fraction of sp³-hybridized carbons (Fsp3) is 0.462. The minimum absolute atomic E-state index is 0.0971. The first-order chi connectivity index (χ1) is 9.82. The number of nitrogens with two attached hydrogens (primary N) is 1. The fourth-order valence-corrected chi connectivity index (χ4v) is 5.12. The van der Waals surface area contributed by atoms with Crippen molar-refractivity contribution < 1.29 is 27.8 Å². The van der Waals surface area contributed by atoms with E-state index in [-0.39, 0.29) is 13.3 Å². The predicted molar refractivity (Wildman–Crippen MR) is 73.1 cm³/mol. The molecule has 1 aromatic carbocycles. The number of ether oxygens (including phenoxy) is 2. The van der Waals surface area contributed by atoms with E-state index in [2.05, 4.69) is 0 Å². The Kier molecular flexibility index (Phi) is 2.93. The maximum atomic E-state index is 11.9. The van der Waals surface area contributed by atoms with Gasteiger partial charge in [0.1, 0.15) is 5.41 Å². The lowest BCUT2D eigenvalue weighted by Crippen LogP contribution is -2.31. The van der Waals surface area contributed by atoms with E-state index in [0.717, 1.165) is 6.26 Å². The second kappa shape index (κ2) is 4.35. The monoisotopic (exact) mass is 313 g/mol. The SMILES string of the molecule is CS(=O)(=O)[C@@H]1[C@H](c2ccc3c(c2)OCO3)[C@@]1(CN)C(=O)O. The van der Waals surface area contributed by atoms with Gasteiger partial charge in [-0.05, 0) is 17.7 Å². The zero-order valence-corrected chi connectivity index (χ0v) is 12.1. The zero-order valence-electron chi connectivity index (χ0n) is 11.3. The van der Waals surface area contributed by atoms with Crippen LogP contribution in [0.3, 0.4) is 0 Å². The van der Waals surface area contributed by atoms with Crippen molar-refractivity contribution in [2.75, 3.05) is 19.6 Å². The van der Waals surface area contributed by atoms with E-state index in [0.29, 0.717) is 17.1 Å². The van der Waals surface area contributed by atoms with E-state index < -0.39 is 32.4 Å². The van der Waals surface area contributed by atoms with Gasteiger partial charge in [-0.1, -0.05) is 6.07 Å². The molecule has 1 heterocycles. The Labute approximate surface area is 121 Å². The summed E-state index contributed by atoms with van der Waals surface area (Å²) in [7, 11) is -3.54. The van der Waals surface area contributed by atoms with Gasteiger partial charge in [0, 0.05) is 18.7 Å². The summed E-state index contributed by atoms with van der Waals surface area (Å²) in [5, 5.41) is 8.44. The lowest BCUT2D eigenvalue weighted by molar-refractivity contribution is -0.143. The summed E-state index contributed by atoms with van der Waals surface area (Å²) in [6, 6.07) is 4.95. The van der Waals surface area contributed by atoms with E-state index in [9.17, 15) is 18.3 Å². The van der Waals surface area contributed by atoms with E-state index in [1.54, 1.807) is 18.2 Å². The van der Waals surface area contributed by atoms with Crippen LogP contribution in [0, 0.1) is 5.41 Å². The Balaban J connectivity index is 2.06. The highest BCUT2D eigenvalue weighted by Gasteiger charge is 2.74. The summed E-state index contributed by atoms with van der Waals surface area (Å²) >= 11 is 0. The highest BCUT2D eigenvalue weighted by atomic mass is 32.2. The van der Waals surface area contributed by atoms with Gasteiger partial charge in [0.15, 0.2) is 21.3 Å². The van der Waals surface area contributed by atoms with Gasteiger partial charge in [0.2, 0.25) is 6.79 Å². The molecule has 0 aromatic heterocycles. The van der Waals surface area contributed by atoms with Gasteiger partial charge in [-0.3, -0.25) is 4.79 Å². The quantitative estimate of drug-likeness (QED) is 0.801. The Morgan fingerprint density at radius 3 is 2.62 bits per heavy atom. The molecule has 0 radical (unpaired) electrons. The lowest BCUT2D eigenvalue weighted by atomic mass is 9.99. The van der Waals surface area contributed by atoms with Crippen molar-refractivity contribution in [1.82, 2.24) is 0 Å². The van der Waals surface area contributed by atoms with Gasteiger partial charge in [0.25, 0.3) is 0 Å². The fourth-order valence-electron chi connectivity index (χ4n) is 3.20. The maximum Gasteiger partial charge on any atom is 0.312 e. The Bertz CT molecular complexity index is 715. The van der Waals surface area contributed by atoms with Crippen molar-refractivity contribution in [2.45, 2.75) is 11.2 Å². The molecule has 1 aliphatic heterocycles. The van der Waals surface area contributed by atoms with Crippen LogP contribution in [0.4, 0.5) is 0 Å². The molecule has 0 spiro atoms. The average molecular weight is 313 g/mol. The third-order valence-corrected chi connectivity index (χ3v) is 5.82. The van der Waals surface area contributed by atoms with Crippen molar-refractivity contribution in [3.63, 3.8) is 0 Å². The number of hydrogen-bond donors (Lipinski definition) is 2. The Hall–Kier alpha value is -1.80. The lowest BCUT2D eigenvalue weighted by Gasteiger charge is -2.09. The van der Waals surface area contributed by atoms with E-state index in [1.165, 1.54) is 0 Å². The third-order valence-electron chi connectivity index (χ3n) is 4.21. The molecule has 3 rings (SSSR count). The third kappa shape index (κ3) is 1.90. The Morgan fingerprint density at radius 1 is 1.43 bits per heavy atom. The second-order valence-corrected chi connectivity index (χ2v) is 7.56. The van der Waals surface area contributed by atoms with Crippen molar-refractivity contribution in [2.24, 2.45) is 11.1 Å². The number of carboxylic acid groups (broad SMARTS) is 1. The number of sulfone groups is 1. The number of hydrogen-bond acceptors (Lipinski definition) is 6. The molecular weight excluding hydrogens is 298 g/mol. The van der Waals surface area contributed by atoms with Gasteiger partial charge in [-0.15, -0.1) is 0 Å². The number of carbonyl (C=O) groups is 1. The van der Waals surface area contributed by atoms with Crippen LogP contribution in [0.25, 0.3) is 0 Å². The molecular formula is C13H15NO6S. The summed E-state index contributed by atoms with van der Waals surface area (Å²) in [4.78, 5) is 11.6. The van der Waals surface area contributed by atoms with E-state index >= 15 is 0 Å². The summed E-state index contributed by atoms with van der Waals surface area (Å²) in [6.07, 6.45) is 1.04. The first-order valence-electron chi connectivity index (χ1n) is 6.34. The molecule has 0 amide bonds. The zero-order chi connectivity index (χ0) is 15.4. The van der Waals surface area contributed by atoms with Crippen LogP contribution in [0.1, 0.15) is 11.5 Å². The van der Waals surface area contributed by atoms with E-state index in [4.69, 9.17) is 15.2 Å². The summed E-state index contributed by atoms with van der Waals surface area (Å²) in [5.41, 5.74) is 4.71. The first kappa shape index (κ1) is 14.2.